The molecular formula is C11H23NO4S. The highest BCUT2D eigenvalue weighted by Gasteiger charge is 2.15. The van der Waals surface area contributed by atoms with Crippen LogP contribution in [0.5, 0.6) is 0 Å². The summed E-state index contributed by atoms with van der Waals surface area (Å²) in [5, 5.41) is 4.90. The molecule has 6 heteroatoms. The molecule has 1 aliphatic rings. The lowest BCUT2D eigenvalue weighted by molar-refractivity contribution is 0.0872. The summed E-state index contributed by atoms with van der Waals surface area (Å²) >= 11 is 0. The second-order valence-corrected chi connectivity index (χ2v) is 6.32. The van der Waals surface area contributed by atoms with E-state index in [2.05, 4.69) is 0 Å². The van der Waals surface area contributed by atoms with Crippen molar-refractivity contribution in [2.24, 2.45) is 11.1 Å². The number of rotatable bonds is 9. The van der Waals surface area contributed by atoms with Crippen molar-refractivity contribution in [3.8, 4) is 0 Å². The van der Waals surface area contributed by atoms with E-state index in [1.807, 2.05) is 0 Å². The molecule has 17 heavy (non-hydrogen) atoms. The zero-order valence-corrected chi connectivity index (χ0v) is 11.1. The van der Waals surface area contributed by atoms with E-state index in [1.165, 1.54) is 0 Å². The Morgan fingerprint density at radius 2 is 2.00 bits per heavy atom. The minimum absolute atomic E-state index is 0.0905. The number of unbranched alkanes of at least 4 members (excludes halogenated alkanes) is 3. The van der Waals surface area contributed by atoms with Crippen LogP contribution >= 0.6 is 0 Å². The van der Waals surface area contributed by atoms with Gasteiger partial charge in [-0.25, -0.2) is 13.6 Å². The van der Waals surface area contributed by atoms with Crippen molar-refractivity contribution in [3.05, 3.63) is 0 Å². The van der Waals surface area contributed by atoms with Crippen molar-refractivity contribution < 1.29 is 17.9 Å². The lowest BCUT2D eigenvalue weighted by atomic mass is 10.1. The smallest absolute Gasteiger partial charge is 0.209 e. The zero-order chi connectivity index (χ0) is 12.6. The molecule has 0 aromatic heterocycles. The number of primary sulfonamides is 1. The first-order valence-corrected chi connectivity index (χ1v) is 7.95. The van der Waals surface area contributed by atoms with Gasteiger partial charge in [-0.05, 0) is 19.3 Å². The Bertz CT molecular complexity index is 286. The summed E-state index contributed by atoms with van der Waals surface area (Å²) < 4.78 is 32.1. The Morgan fingerprint density at radius 1 is 1.24 bits per heavy atom. The van der Waals surface area contributed by atoms with Crippen molar-refractivity contribution in [2.45, 2.75) is 32.1 Å². The number of hydrogen-bond acceptors (Lipinski definition) is 4. The molecule has 1 saturated heterocycles. The van der Waals surface area contributed by atoms with E-state index < -0.39 is 10.0 Å². The largest absolute Gasteiger partial charge is 0.381 e. The van der Waals surface area contributed by atoms with Crippen LogP contribution in [0.3, 0.4) is 0 Å². The van der Waals surface area contributed by atoms with Gasteiger partial charge < -0.3 is 9.47 Å². The average Bonchev–Trinajstić information content (AvgIpc) is 2.73. The maximum Gasteiger partial charge on any atom is 0.209 e. The normalized spacial score (nSPS) is 20.9. The number of nitrogens with two attached hydrogens (primary N) is 1. The molecule has 5 nitrogen and oxygen atoms in total. The lowest BCUT2D eigenvalue weighted by Crippen LogP contribution is -2.16. The maximum atomic E-state index is 10.7. The van der Waals surface area contributed by atoms with E-state index in [4.69, 9.17) is 14.6 Å². The van der Waals surface area contributed by atoms with Crippen LogP contribution in [0.1, 0.15) is 32.1 Å². The fourth-order valence-corrected chi connectivity index (χ4v) is 2.43. The highest BCUT2D eigenvalue weighted by molar-refractivity contribution is 7.89. The second kappa shape index (κ2) is 8.02. The number of ether oxygens (including phenoxy) is 2. The Labute approximate surface area is 104 Å². The molecule has 0 bridgehead atoms. The van der Waals surface area contributed by atoms with E-state index in [1.54, 1.807) is 0 Å². The van der Waals surface area contributed by atoms with Crippen LogP contribution in [0, 0.1) is 5.92 Å². The summed E-state index contributed by atoms with van der Waals surface area (Å²) in [4.78, 5) is 0. The molecule has 0 saturated carbocycles. The van der Waals surface area contributed by atoms with Crippen LogP contribution < -0.4 is 5.14 Å². The molecule has 0 aromatic carbocycles. The second-order valence-electron chi connectivity index (χ2n) is 4.59. The van der Waals surface area contributed by atoms with Gasteiger partial charge in [0.25, 0.3) is 0 Å². The van der Waals surface area contributed by atoms with Gasteiger partial charge in [-0.3, -0.25) is 0 Å². The molecule has 1 heterocycles. The van der Waals surface area contributed by atoms with E-state index in [0.29, 0.717) is 12.3 Å². The van der Waals surface area contributed by atoms with Crippen molar-refractivity contribution in [1.29, 1.82) is 0 Å². The van der Waals surface area contributed by atoms with Crippen LogP contribution in [-0.2, 0) is 19.5 Å². The Morgan fingerprint density at radius 3 is 2.65 bits per heavy atom. The average molecular weight is 265 g/mol. The van der Waals surface area contributed by atoms with E-state index in [9.17, 15) is 8.42 Å². The highest BCUT2D eigenvalue weighted by atomic mass is 32.2. The fraction of sp³-hybridized carbons (Fsp3) is 1.00. The summed E-state index contributed by atoms with van der Waals surface area (Å²) in [5.74, 6) is 0.658. The third-order valence-corrected chi connectivity index (χ3v) is 3.70. The van der Waals surface area contributed by atoms with Gasteiger partial charge in [0.2, 0.25) is 10.0 Å². The molecule has 1 aliphatic heterocycles. The van der Waals surface area contributed by atoms with Gasteiger partial charge in [-0.1, -0.05) is 12.8 Å². The number of sulfonamides is 1. The standard InChI is InChI=1S/C11H23NO4S/c12-17(13,14)8-4-2-1-3-6-15-9-11-5-7-16-10-11/h11H,1-10H2,(H2,12,13,14). The SMILES string of the molecule is NS(=O)(=O)CCCCCCOCC1CCOC1. The Kier molecular flexibility index (Phi) is 7.03. The molecule has 2 N–H and O–H groups in total. The summed E-state index contributed by atoms with van der Waals surface area (Å²) in [6.07, 6.45) is 4.63. The number of hydrogen-bond donors (Lipinski definition) is 1. The van der Waals surface area contributed by atoms with Gasteiger partial charge in [0.05, 0.1) is 19.0 Å². The van der Waals surface area contributed by atoms with Crippen molar-refractivity contribution >= 4 is 10.0 Å². The Balaban J connectivity index is 1.81. The molecule has 0 aliphatic carbocycles. The van der Waals surface area contributed by atoms with Gasteiger partial charge in [0.1, 0.15) is 0 Å². The highest BCUT2D eigenvalue weighted by Crippen LogP contribution is 2.12. The van der Waals surface area contributed by atoms with Crippen LogP contribution in [0.25, 0.3) is 0 Å². The minimum Gasteiger partial charge on any atom is -0.381 e. The first-order chi connectivity index (χ1) is 8.08. The zero-order valence-electron chi connectivity index (χ0n) is 10.3. The van der Waals surface area contributed by atoms with Crippen LogP contribution in [0.15, 0.2) is 0 Å². The van der Waals surface area contributed by atoms with Crippen LogP contribution in [0.4, 0.5) is 0 Å². The molecule has 1 atom stereocenters. The molecule has 1 rings (SSSR count). The summed E-state index contributed by atoms with van der Waals surface area (Å²) in [7, 11) is -3.28. The van der Waals surface area contributed by atoms with Gasteiger partial charge in [0, 0.05) is 19.1 Å². The molecule has 0 amide bonds. The molecular weight excluding hydrogens is 242 g/mol. The van der Waals surface area contributed by atoms with Gasteiger partial charge in [-0.15, -0.1) is 0 Å². The van der Waals surface area contributed by atoms with Gasteiger partial charge >= 0.3 is 0 Å². The summed E-state index contributed by atoms with van der Waals surface area (Å²) in [5.41, 5.74) is 0. The molecule has 1 fully saturated rings. The molecule has 0 spiro atoms. The molecule has 0 aromatic rings. The first kappa shape index (κ1) is 14.9. The molecule has 102 valence electrons. The van der Waals surface area contributed by atoms with Crippen LogP contribution in [-0.4, -0.2) is 40.6 Å². The monoisotopic (exact) mass is 265 g/mol. The van der Waals surface area contributed by atoms with Gasteiger partial charge in [0.15, 0.2) is 0 Å². The fourth-order valence-electron chi connectivity index (χ4n) is 1.83. The van der Waals surface area contributed by atoms with Crippen LogP contribution in [0.2, 0.25) is 0 Å². The van der Waals surface area contributed by atoms with Crippen molar-refractivity contribution in [1.82, 2.24) is 0 Å². The minimum atomic E-state index is -3.28. The third-order valence-electron chi connectivity index (χ3n) is 2.85. The molecule has 0 radical (unpaired) electrons. The molecule has 1 unspecified atom stereocenters. The van der Waals surface area contributed by atoms with Crippen molar-refractivity contribution in [2.75, 3.05) is 32.2 Å². The lowest BCUT2D eigenvalue weighted by Gasteiger charge is -2.08. The quantitative estimate of drug-likeness (QED) is 0.628. The van der Waals surface area contributed by atoms with E-state index >= 15 is 0 Å². The van der Waals surface area contributed by atoms with E-state index in [0.717, 1.165) is 52.1 Å². The summed E-state index contributed by atoms with van der Waals surface area (Å²) in [6.45, 7) is 3.24. The first-order valence-electron chi connectivity index (χ1n) is 6.24. The maximum absolute atomic E-state index is 10.7. The van der Waals surface area contributed by atoms with Crippen molar-refractivity contribution in [3.63, 3.8) is 0 Å². The predicted molar refractivity (Wildman–Crippen MR) is 66.2 cm³/mol. The third kappa shape index (κ3) is 8.54. The Hall–Kier alpha value is -0.170. The topological polar surface area (TPSA) is 78.6 Å². The van der Waals surface area contributed by atoms with Gasteiger partial charge in [-0.2, -0.15) is 0 Å². The predicted octanol–water partition coefficient (Wildman–Crippen LogP) is 0.888. The summed E-state index contributed by atoms with van der Waals surface area (Å²) in [6, 6.07) is 0. The van der Waals surface area contributed by atoms with E-state index in [-0.39, 0.29) is 5.75 Å².